The van der Waals surface area contributed by atoms with Crippen LogP contribution in [0.1, 0.15) is 31.2 Å². The summed E-state index contributed by atoms with van der Waals surface area (Å²) in [5.41, 5.74) is 2.06. The summed E-state index contributed by atoms with van der Waals surface area (Å²) in [6.45, 7) is 5.86. The minimum absolute atomic E-state index is 0.0921. The standard InChI is InChI=1S/C11H17N3OS/c1-6-7(2)13-11(12-6)16-8(3)10(15)14-9-4-5-9/h8-9H,4-5H2,1-3H3,(H,12,13)(H,14,15). The fourth-order valence-corrected chi connectivity index (χ4v) is 2.25. The highest BCUT2D eigenvalue weighted by Crippen LogP contribution is 2.24. The maximum atomic E-state index is 11.7. The van der Waals surface area contributed by atoms with Crippen LogP contribution in [0.25, 0.3) is 0 Å². The van der Waals surface area contributed by atoms with Crippen LogP contribution in [0, 0.1) is 13.8 Å². The van der Waals surface area contributed by atoms with Crippen LogP contribution < -0.4 is 5.32 Å². The average molecular weight is 239 g/mol. The monoisotopic (exact) mass is 239 g/mol. The van der Waals surface area contributed by atoms with E-state index in [1.807, 2.05) is 20.8 Å². The van der Waals surface area contributed by atoms with Crippen LogP contribution in [0.5, 0.6) is 0 Å². The Morgan fingerprint density at radius 3 is 2.75 bits per heavy atom. The zero-order chi connectivity index (χ0) is 11.7. The molecule has 0 aliphatic heterocycles. The van der Waals surface area contributed by atoms with Gasteiger partial charge in [0.25, 0.3) is 0 Å². The Balaban J connectivity index is 1.90. The number of carbonyl (C=O) groups excluding carboxylic acids is 1. The Morgan fingerprint density at radius 2 is 2.25 bits per heavy atom. The maximum Gasteiger partial charge on any atom is 0.233 e. The minimum atomic E-state index is -0.0921. The Kier molecular flexibility index (Phi) is 3.23. The van der Waals surface area contributed by atoms with Crippen molar-refractivity contribution in [3.05, 3.63) is 11.4 Å². The minimum Gasteiger partial charge on any atom is -0.352 e. The van der Waals surface area contributed by atoms with E-state index in [4.69, 9.17) is 0 Å². The van der Waals surface area contributed by atoms with Gasteiger partial charge in [-0.2, -0.15) is 0 Å². The normalized spacial score (nSPS) is 17.2. The lowest BCUT2D eigenvalue weighted by atomic mass is 10.4. The molecule has 1 aromatic heterocycles. The van der Waals surface area contributed by atoms with E-state index in [1.165, 1.54) is 11.8 Å². The van der Waals surface area contributed by atoms with Gasteiger partial charge in [0, 0.05) is 11.7 Å². The van der Waals surface area contributed by atoms with Gasteiger partial charge in [0.15, 0.2) is 5.16 Å². The first-order valence-electron chi connectivity index (χ1n) is 5.56. The molecule has 1 saturated carbocycles. The van der Waals surface area contributed by atoms with Crippen LogP contribution in [0.3, 0.4) is 0 Å². The molecule has 5 heteroatoms. The molecule has 0 radical (unpaired) electrons. The summed E-state index contributed by atoms with van der Waals surface area (Å²) in [4.78, 5) is 19.2. The second kappa shape index (κ2) is 4.49. The molecule has 0 bridgehead atoms. The van der Waals surface area contributed by atoms with Gasteiger partial charge in [-0.05, 0) is 33.6 Å². The highest BCUT2D eigenvalue weighted by Gasteiger charge is 2.26. The van der Waals surface area contributed by atoms with E-state index < -0.39 is 0 Å². The molecule has 1 fully saturated rings. The number of H-pyrrole nitrogens is 1. The van der Waals surface area contributed by atoms with Crippen molar-refractivity contribution >= 4 is 17.7 Å². The van der Waals surface area contributed by atoms with Crippen LogP contribution in [0.4, 0.5) is 0 Å². The number of hydrogen-bond acceptors (Lipinski definition) is 3. The number of thioether (sulfide) groups is 1. The molecule has 0 aromatic carbocycles. The molecule has 2 N–H and O–H groups in total. The number of nitrogens with one attached hydrogen (secondary N) is 2. The van der Waals surface area contributed by atoms with Crippen LogP contribution >= 0.6 is 11.8 Å². The fraction of sp³-hybridized carbons (Fsp3) is 0.636. The van der Waals surface area contributed by atoms with Gasteiger partial charge in [0.05, 0.1) is 10.9 Å². The van der Waals surface area contributed by atoms with Crippen molar-refractivity contribution in [1.29, 1.82) is 0 Å². The number of nitrogens with zero attached hydrogens (tertiary/aromatic N) is 1. The van der Waals surface area contributed by atoms with Crippen molar-refractivity contribution in [2.75, 3.05) is 0 Å². The van der Waals surface area contributed by atoms with Gasteiger partial charge < -0.3 is 10.3 Å². The summed E-state index contributed by atoms with van der Waals surface area (Å²) >= 11 is 1.48. The summed E-state index contributed by atoms with van der Waals surface area (Å²) in [5, 5.41) is 3.73. The lowest BCUT2D eigenvalue weighted by Gasteiger charge is -2.09. The Morgan fingerprint density at radius 1 is 1.56 bits per heavy atom. The quantitative estimate of drug-likeness (QED) is 0.788. The number of aryl methyl sites for hydroxylation is 2. The first-order chi connectivity index (χ1) is 7.56. The number of hydrogen-bond donors (Lipinski definition) is 2. The predicted molar refractivity (Wildman–Crippen MR) is 64.5 cm³/mol. The van der Waals surface area contributed by atoms with Gasteiger partial charge in [-0.15, -0.1) is 0 Å². The third-order valence-electron chi connectivity index (χ3n) is 2.69. The van der Waals surface area contributed by atoms with Crippen molar-refractivity contribution in [3.8, 4) is 0 Å². The van der Waals surface area contributed by atoms with Crippen molar-refractivity contribution in [2.24, 2.45) is 0 Å². The van der Waals surface area contributed by atoms with Gasteiger partial charge in [-0.25, -0.2) is 4.98 Å². The first-order valence-corrected chi connectivity index (χ1v) is 6.44. The summed E-state index contributed by atoms with van der Waals surface area (Å²) < 4.78 is 0. The van der Waals surface area contributed by atoms with Gasteiger partial charge in [-0.1, -0.05) is 11.8 Å². The lowest BCUT2D eigenvalue weighted by molar-refractivity contribution is -0.120. The molecule has 2 rings (SSSR count). The molecule has 1 aliphatic carbocycles. The van der Waals surface area contributed by atoms with Crippen molar-refractivity contribution in [1.82, 2.24) is 15.3 Å². The summed E-state index contributed by atoms with van der Waals surface area (Å²) in [5.74, 6) is 0.110. The van der Waals surface area contributed by atoms with Gasteiger partial charge >= 0.3 is 0 Å². The predicted octanol–water partition coefficient (Wildman–Crippen LogP) is 1.79. The number of imidazole rings is 1. The van der Waals surface area contributed by atoms with Crippen molar-refractivity contribution < 1.29 is 4.79 Å². The number of rotatable bonds is 4. The SMILES string of the molecule is Cc1nc(SC(C)C(=O)NC2CC2)[nH]c1C. The zero-order valence-electron chi connectivity index (χ0n) is 9.83. The fourth-order valence-electron chi connectivity index (χ4n) is 1.34. The summed E-state index contributed by atoms with van der Waals surface area (Å²) in [6, 6.07) is 0.427. The lowest BCUT2D eigenvalue weighted by Crippen LogP contribution is -2.32. The van der Waals surface area contributed by atoms with Crippen molar-refractivity contribution in [2.45, 2.75) is 50.1 Å². The zero-order valence-corrected chi connectivity index (χ0v) is 10.6. The second-order valence-electron chi connectivity index (χ2n) is 4.30. The van der Waals surface area contributed by atoms with Gasteiger partial charge in [0.1, 0.15) is 0 Å². The van der Waals surface area contributed by atoms with Crippen LogP contribution in [0.15, 0.2) is 5.16 Å². The van der Waals surface area contributed by atoms with E-state index >= 15 is 0 Å². The van der Waals surface area contributed by atoms with Crippen LogP contribution in [-0.2, 0) is 4.79 Å². The number of aromatic nitrogens is 2. The molecule has 0 saturated heterocycles. The third-order valence-corrected chi connectivity index (χ3v) is 3.67. The van der Waals surface area contributed by atoms with E-state index in [2.05, 4.69) is 15.3 Å². The highest BCUT2D eigenvalue weighted by atomic mass is 32.2. The topological polar surface area (TPSA) is 57.8 Å². The molecule has 16 heavy (non-hydrogen) atoms. The Hall–Kier alpha value is -0.970. The van der Waals surface area contributed by atoms with Gasteiger partial charge in [-0.3, -0.25) is 4.79 Å². The summed E-state index contributed by atoms with van der Waals surface area (Å²) in [7, 11) is 0. The smallest absolute Gasteiger partial charge is 0.233 e. The number of aromatic amines is 1. The van der Waals surface area contributed by atoms with E-state index in [0.29, 0.717) is 6.04 Å². The molecule has 1 atom stereocenters. The number of amides is 1. The van der Waals surface area contributed by atoms with Crippen molar-refractivity contribution in [3.63, 3.8) is 0 Å². The van der Waals surface area contributed by atoms with E-state index in [-0.39, 0.29) is 11.2 Å². The maximum absolute atomic E-state index is 11.7. The molecule has 4 nitrogen and oxygen atoms in total. The molecular formula is C11H17N3OS. The molecule has 1 aromatic rings. The van der Waals surface area contributed by atoms with Gasteiger partial charge in [0.2, 0.25) is 5.91 Å². The molecule has 1 amide bonds. The Labute approximate surface area is 99.6 Å². The molecule has 1 heterocycles. The van der Waals surface area contributed by atoms with Crippen LogP contribution in [-0.4, -0.2) is 27.2 Å². The third kappa shape index (κ3) is 2.78. The molecule has 88 valence electrons. The largest absolute Gasteiger partial charge is 0.352 e. The highest BCUT2D eigenvalue weighted by molar-refractivity contribution is 8.00. The average Bonchev–Trinajstić information content (AvgIpc) is 2.95. The molecule has 1 unspecified atom stereocenters. The Bertz CT molecular complexity index is 378. The molecular weight excluding hydrogens is 222 g/mol. The molecule has 0 spiro atoms. The summed E-state index contributed by atoms with van der Waals surface area (Å²) in [6.07, 6.45) is 2.25. The van der Waals surface area contributed by atoms with E-state index in [9.17, 15) is 4.79 Å². The molecule has 1 aliphatic rings. The van der Waals surface area contributed by atoms with E-state index in [1.54, 1.807) is 0 Å². The first kappa shape index (κ1) is 11.5. The van der Waals surface area contributed by atoms with Crippen LogP contribution in [0.2, 0.25) is 0 Å². The number of carbonyl (C=O) groups is 1. The second-order valence-corrected chi connectivity index (χ2v) is 5.62. The van der Waals surface area contributed by atoms with E-state index in [0.717, 1.165) is 29.4 Å².